The number of pyridine rings is 1. The topological polar surface area (TPSA) is 65.7 Å². The fourth-order valence-corrected chi connectivity index (χ4v) is 4.05. The van der Waals surface area contributed by atoms with Crippen molar-refractivity contribution in [3.8, 4) is 0 Å². The Balaban J connectivity index is 1.27. The zero-order valence-corrected chi connectivity index (χ0v) is 16.6. The van der Waals surface area contributed by atoms with Crippen molar-refractivity contribution < 1.29 is 9.21 Å². The maximum absolute atomic E-state index is 12.7. The molecule has 0 aromatic carbocycles. The normalized spacial score (nSPS) is 21.8. The third kappa shape index (κ3) is 4.59. The monoisotopic (exact) mass is 383 g/mol. The van der Waals surface area contributed by atoms with E-state index in [9.17, 15) is 4.79 Å². The van der Waals surface area contributed by atoms with Gasteiger partial charge < -0.3 is 9.32 Å². The van der Waals surface area contributed by atoms with Crippen molar-refractivity contribution in [2.75, 3.05) is 32.7 Å². The van der Waals surface area contributed by atoms with Gasteiger partial charge in [0.05, 0.1) is 12.2 Å². The predicted molar refractivity (Wildman–Crippen MR) is 106 cm³/mol. The fraction of sp³-hybridized carbons (Fsp3) is 0.571. The molecule has 2 fully saturated rings. The Labute approximate surface area is 166 Å². The summed E-state index contributed by atoms with van der Waals surface area (Å²) in [6.07, 6.45) is 6.71. The highest BCUT2D eigenvalue weighted by molar-refractivity contribution is 5.92. The molecule has 2 aromatic rings. The Morgan fingerprint density at radius 2 is 1.89 bits per heavy atom. The number of nitrogens with zero attached hydrogens (tertiary/aromatic N) is 5. The zero-order valence-electron chi connectivity index (χ0n) is 16.6. The average molecular weight is 383 g/mol. The van der Waals surface area contributed by atoms with E-state index >= 15 is 0 Å². The van der Waals surface area contributed by atoms with E-state index in [1.807, 2.05) is 23.2 Å². The quantitative estimate of drug-likeness (QED) is 0.790. The lowest BCUT2D eigenvalue weighted by molar-refractivity contribution is 0.0629. The van der Waals surface area contributed by atoms with Crippen LogP contribution in [0.3, 0.4) is 0 Å². The zero-order chi connectivity index (χ0) is 19.3. The summed E-state index contributed by atoms with van der Waals surface area (Å²) in [5.74, 6) is 0.633. The number of hydrogen-bond acceptors (Lipinski definition) is 6. The maximum Gasteiger partial charge on any atom is 0.276 e. The van der Waals surface area contributed by atoms with E-state index in [2.05, 4.69) is 32.8 Å². The summed E-state index contributed by atoms with van der Waals surface area (Å²) >= 11 is 0. The molecule has 150 valence electrons. The summed E-state index contributed by atoms with van der Waals surface area (Å²) in [5, 5.41) is 0. The molecule has 28 heavy (non-hydrogen) atoms. The lowest BCUT2D eigenvalue weighted by Gasteiger charge is -2.33. The first kappa shape index (κ1) is 19.1. The lowest BCUT2D eigenvalue weighted by Crippen LogP contribution is -2.45. The van der Waals surface area contributed by atoms with Gasteiger partial charge in [0, 0.05) is 51.5 Å². The van der Waals surface area contributed by atoms with Crippen LogP contribution < -0.4 is 0 Å². The van der Waals surface area contributed by atoms with Crippen LogP contribution in [0.2, 0.25) is 0 Å². The number of aromatic nitrogens is 2. The van der Waals surface area contributed by atoms with Gasteiger partial charge in [0.15, 0.2) is 5.69 Å². The number of amides is 1. The number of carbonyl (C=O) groups is 1. The Bertz CT molecular complexity index is 770. The number of likely N-dealkylation sites (tertiary alicyclic amines) is 1. The molecule has 4 heterocycles. The van der Waals surface area contributed by atoms with Crippen molar-refractivity contribution in [3.05, 3.63) is 47.9 Å². The van der Waals surface area contributed by atoms with Gasteiger partial charge in [-0.3, -0.25) is 19.6 Å². The van der Waals surface area contributed by atoms with Crippen molar-refractivity contribution in [2.24, 2.45) is 0 Å². The van der Waals surface area contributed by atoms with Crippen LogP contribution in [-0.4, -0.2) is 69.3 Å². The minimum atomic E-state index is 0.00220. The molecule has 0 radical (unpaired) electrons. The van der Waals surface area contributed by atoms with E-state index in [4.69, 9.17) is 4.42 Å². The van der Waals surface area contributed by atoms with Crippen LogP contribution in [0, 0.1) is 0 Å². The van der Waals surface area contributed by atoms with E-state index in [1.54, 1.807) is 0 Å². The first-order chi connectivity index (χ1) is 13.7. The van der Waals surface area contributed by atoms with Crippen LogP contribution in [0.25, 0.3) is 0 Å². The fourth-order valence-electron chi connectivity index (χ4n) is 4.05. The molecule has 1 amide bonds. The molecular formula is C21H29N5O2. The summed E-state index contributed by atoms with van der Waals surface area (Å²) in [7, 11) is 0. The summed E-state index contributed by atoms with van der Waals surface area (Å²) in [6, 6.07) is 6.34. The Kier molecular flexibility index (Phi) is 6.02. The van der Waals surface area contributed by atoms with E-state index in [0.29, 0.717) is 18.1 Å². The molecule has 2 saturated heterocycles. The molecular weight excluding hydrogens is 354 g/mol. The van der Waals surface area contributed by atoms with E-state index in [1.165, 1.54) is 12.7 Å². The van der Waals surface area contributed by atoms with E-state index < -0.39 is 0 Å². The summed E-state index contributed by atoms with van der Waals surface area (Å²) in [5.41, 5.74) is 1.55. The third-order valence-corrected chi connectivity index (χ3v) is 5.77. The van der Waals surface area contributed by atoms with Gasteiger partial charge in [-0.15, -0.1) is 0 Å². The molecule has 0 spiro atoms. The second kappa shape index (κ2) is 8.84. The van der Waals surface area contributed by atoms with Gasteiger partial charge in [-0.1, -0.05) is 6.07 Å². The summed E-state index contributed by atoms with van der Waals surface area (Å²) in [4.78, 5) is 28.3. The molecule has 0 N–H and O–H groups in total. The highest BCUT2D eigenvalue weighted by atomic mass is 16.3. The first-order valence-electron chi connectivity index (χ1n) is 10.3. The van der Waals surface area contributed by atoms with Gasteiger partial charge in [-0.25, -0.2) is 4.98 Å². The molecule has 0 bridgehead atoms. The first-order valence-corrected chi connectivity index (χ1v) is 10.3. The second-order valence-corrected chi connectivity index (χ2v) is 7.84. The number of hydrogen-bond donors (Lipinski definition) is 0. The second-order valence-electron chi connectivity index (χ2n) is 7.84. The molecule has 2 aliphatic rings. The predicted octanol–water partition coefficient (Wildman–Crippen LogP) is 2.40. The number of rotatable bonds is 5. The molecule has 7 heteroatoms. The van der Waals surface area contributed by atoms with Crippen molar-refractivity contribution in [1.82, 2.24) is 24.7 Å². The highest BCUT2D eigenvalue weighted by Gasteiger charge is 2.27. The summed E-state index contributed by atoms with van der Waals surface area (Å²) in [6.45, 7) is 8.38. The Morgan fingerprint density at radius 1 is 1.11 bits per heavy atom. The van der Waals surface area contributed by atoms with Gasteiger partial charge >= 0.3 is 0 Å². The molecule has 4 rings (SSSR count). The van der Waals surface area contributed by atoms with E-state index in [0.717, 1.165) is 57.8 Å². The van der Waals surface area contributed by atoms with Crippen LogP contribution in [0.1, 0.15) is 48.3 Å². The van der Waals surface area contributed by atoms with Crippen molar-refractivity contribution in [3.63, 3.8) is 0 Å². The standard InChI is InChI=1S/C21H29N5O2/c1-17-6-3-5-9-26(17)21(27)19-16-28-20(23-19)15-25-12-10-24(11-13-25)14-18-7-2-4-8-22-18/h2,4,7-8,16-17H,3,5-6,9-15H2,1H3. The van der Waals surface area contributed by atoms with Gasteiger partial charge in [0.25, 0.3) is 5.91 Å². The van der Waals surface area contributed by atoms with Gasteiger partial charge in [-0.05, 0) is 38.3 Å². The van der Waals surface area contributed by atoms with Crippen molar-refractivity contribution >= 4 is 5.91 Å². The van der Waals surface area contributed by atoms with Crippen LogP contribution in [0.15, 0.2) is 35.1 Å². The van der Waals surface area contributed by atoms with E-state index in [-0.39, 0.29) is 11.9 Å². The number of oxazole rings is 1. The van der Waals surface area contributed by atoms with Crippen LogP contribution in [-0.2, 0) is 13.1 Å². The number of piperidine rings is 1. The highest BCUT2D eigenvalue weighted by Crippen LogP contribution is 2.19. The van der Waals surface area contributed by atoms with Gasteiger partial charge in [-0.2, -0.15) is 0 Å². The molecule has 1 atom stereocenters. The Morgan fingerprint density at radius 3 is 2.61 bits per heavy atom. The molecule has 0 aliphatic carbocycles. The third-order valence-electron chi connectivity index (χ3n) is 5.77. The van der Waals surface area contributed by atoms with Gasteiger partial charge in [0.2, 0.25) is 5.89 Å². The van der Waals surface area contributed by atoms with Crippen LogP contribution >= 0.6 is 0 Å². The molecule has 1 unspecified atom stereocenters. The SMILES string of the molecule is CC1CCCCN1C(=O)c1coc(CN2CCN(Cc3ccccn3)CC2)n1. The molecule has 7 nitrogen and oxygen atoms in total. The molecule has 0 saturated carbocycles. The minimum absolute atomic E-state index is 0.00220. The van der Waals surface area contributed by atoms with Crippen LogP contribution in [0.4, 0.5) is 0 Å². The molecule has 2 aliphatic heterocycles. The smallest absolute Gasteiger partial charge is 0.276 e. The van der Waals surface area contributed by atoms with Crippen molar-refractivity contribution in [1.29, 1.82) is 0 Å². The summed E-state index contributed by atoms with van der Waals surface area (Å²) < 4.78 is 5.61. The largest absolute Gasteiger partial charge is 0.447 e. The number of carbonyl (C=O) groups excluding carboxylic acids is 1. The maximum atomic E-state index is 12.7. The minimum Gasteiger partial charge on any atom is -0.447 e. The van der Waals surface area contributed by atoms with Gasteiger partial charge in [0.1, 0.15) is 6.26 Å². The average Bonchev–Trinajstić information content (AvgIpc) is 3.19. The Hall–Kier alpha value is -2.25. The van der Waals surface area contributed by atoms with Crippen molar-refractivity contribution in [2.45, 2.75) is 45.3 Å². The molecule has 2 aromatic heterocycles. The number of piperazine rings is 1. The lowest BCUT2D eigenvalue weighted by atomic mass is 10.0. The van der Waals surface area contributed by atoms with Crippen LogP contribution in [0.5, 0.6) is 0 Å².